The molecule has 2 rings (SSSR count). The van der Waals surface area contributed by atoms with Crippen LogP contribution >= 0.6 is 34.8 Å². The van der Waals surface area contributed by atoms with E-state index in [0.717, 1.165) is 0 Å². The summed E-state index contributed by atoms with van der Waals surface area (Å²) < 4.78 is 1.75. The van der Waals surface area contributed by atoms with Crippen LogP contribution in [0.1, 0.15) is 30.4 Å². The maximum atomic E-state index is 12.3. The Morgan fingerprint density at radius 1 is 1.25 bits per heavy atom. The first-order valence-electron chi connectivity index (χ1n) is 5.75. The Hall–Kier alpha value is -1.30. The van der Waals surface area contributed by atoms with Crippen LogP contribution in [0.5, 0.6) is 0 Å². The van der Waals surface area contributed by atoms with Crippen molar-refractivity contribution in [3.63, 3.8) is 0 Å². The lowest BCUT2D eigenvalue weighted by molar-refractivity contribution is 0.101. The normalized spacial score (nSPS) is 10.9. The van der Waals surface area contributed by atoms with Gasteiger partial charge >= 0.3 is 0 Å². The second-order valence-corrected chi connectivity index (χ2v) is 5.48. The molecule has 0 aliphatic heterocycles. The molecule has 0 fully saturated rings. The minimum atomic E-state index is -0.385. The van der Waals surface area contributed by atoms with Gasteiger partial charge < -0.3 is 9.88 Å². The number of amides is 1. The van der Waals surface area contributed by atoms with E-state index in [9.17, 15) is 4.79 Å². The highest BCUT2D eigenvalue weighted by molar-refractivity contribution is 6.38. The average Bonchev–Trinajstić information content (AvgIpc) is 2.76. The summed E-state index contributed by atoms with van der Waals surface area (Å²) in [5.74, 6) is -0.385. The first-order chi connectivity index (χ1) is 9.40. The van der Waals surface area contributed by atoms with Gasteiger partial charge in [-0.2, -0.15) is 0 Å². The molecule has 0 radical (unpaired) electrons. The van der Waals surface area contributed by atoms with Crippen molar-refractivity contribution in [2.45, 2.75) is 19.9 Å². The average molecular weight is 334 g/mol. The van der Waals surface area contributed by atoms with Crippen molar-refractivity contribution in [1.29, 1.82) is 0 Å². The van der Waals surface area contributed by atoms with Gasteiger partial charge in [-0.1, -0.05) is 34.8 Å². The molecule has 1 amide bonds. The molecule has 20 heavy (non-hydrogen) atoms. The van der Waals surface area contributed by atoms with E-state index in [4.69, 9.17) is 34.8 Å². The Bertz CT molecular complexity index is 634. The summed E-state index contributed by atoms with van der Waals surface area (Å²) in [6, 6.07) is 1.66. The van der Waals surface area contributed by atoms with Gasteiger partial charge in [-0.25, -0.2) is 9.97 Å². The van der Waals surface area contributed by atoms with Crippen LogP contribution in [-0.4, -0.2) is 20.4 Å². The van der Waals surface area contributed by atoms with Crippen LogP contribution in [0.4, 0.5) is 5.69 Å². The highest BCUT2D eigenvalue weighted by atomic mass is 35.5. The second-order valence-electron chi connectivity index (χ2n) is 4.33. The number of hydrogen-bond acceptors (Lipinski definition) is 3. The van der Waals surface area contributed by atoms with Crippen molar-refractivity contribution >= 4 is 46.4 Å². The first kappa shape index (κ1) is 15.1. The fourth-order valence-corrected chi connectivity index (χ4v) is 2.30. The van der Waals surface area contributed by atoms with Gasteiger partial charge in [0.2, 0.25) is 0 Å². The molecule has 0 saturated heterocycles. The van der Waals surface area contributed by atoms with Gasteiger partial charge in [0.1, 0.15) is 17.7 Å². The van der Waals surface area contributed by atoms with Gasteiger partial charge in [0, 0.05) is 12.2 Å². The number of carbonyl (C=O) groups is 1. The standard InChI is InChI=1S/C12H11Cl3N4O/c1-6(2)19-4-7(13)3-8(19)12(20)18-9-10(14)16-5-17-11(9)15/h3-6H,1-2H3,(H,18,20). The smallest absolute Gasteiger partial charge is 0.272 e. The zero-order valence-corrected chi connectivity index (χ0v) is 13.0. The summed E-state index contributed by atoms with van der Waals surface area (Å²) in [5, 5.41) is 3.23. The van der Waals surface area contributed by atoms with E-state index in [-0.39, 0.29) is 27.9 Å². The van der Waals surface area contributed by atoms with Gasteiger partial charge in [0.25, 0.3) is 5.91 Å². The SMILES string of the molecule is CC(C)n1cc(Cl)cc1C(=O)Nc1c(Cl)ncnc1Cl. The Balaban J connectivity index is 2.34. The molecular formula is C12H11Cl3N4O. The number of rotatable bonds is 3. The van der Waals surface area contributed by atoms with Crippen molar-refractivity contribution in [3.8, 4) is 0 Å². The van der Waals surface area contributed by atoms with Crippen LogP contribution in [0.2, 0.25) is 15.3 Å². The van der Waals surface area contributed by atoms with Crippen molar-refractivity contribution in [1.82, 2.24) is 14.5 Å². The van der Waals surface area contributed by atoms with Gasteiger partial charge in [0.15, 0.2) is 10.3 Å². The Morgan fingerprint density at radius 2 is 1.85 bits per heavy atom. The number of nitrogens with zero attached hydrogens (tertiary/aromatic N) is 3. The summed E-state index contributed by atoms with van der Waals surface area (Å²) in [4.78, 5) is 19.8. The predicted octanol–water partition coefficient (Wildman–Crippen LogP) is 4.07. The van der Waals surface area contributed by atoms with Gasteiger partial charge in [0.05, 0.1) is 5.02 Å². The molecule has 0 aromatic carbocycles. The Kier molecular flexibility index (Phi) is 4.52. The highest BCUT2D eigenvalue weighted by Crippen LogP contribution is 2.27. The maximum Gasteiger partial charge on any atom is 0.272 e. The van der Waals surface area contributed by atoms with Crippen molar-refractivity contribution in [3.05, 3.63) is 39.6 Å². The molecule has 8 heteroatoms. The molecule has 2 aromatic heterocycles. The molecule has 2 heterocycles. The fraction of sp³-hybridized carbons (Fsp3) is 0.250. The number of anilines is 1. The van der Waals surface area contributed by atoms with Gasteiger partial charge in [-0.05, 0) is 19.9 Å². The maximum absolute atomic E-state index is 12.3. The summed E-state index contributed by atoms with van der Waals surface area (Å²) in [6.07, 6.45) is 2.90. The zero-order valence-electron chi connectivity index (χ0n) is 10.7. The Morgan fingerprint density at radius 3 is 2.40 bits per heavy atom. The topological polar surface area (TPSA) is 59.8 Å². The predicted molar refractivity (Wildman–Crippen MR) is 79.8 cm³/mol. The van der Waals surface area contributed by atoms with Crippen LogP contribution in [0, 0.1) is 0 Å². The molecular weight excluding hydrogens is 323 g/mol. The van der Waals surface area contributed by atoms with E-state index in [2.05, 4.69) is 15.3 Å². The molecule has 0 spiro atoms. The molecule has 0 unspecified atom stereocenters. The van der Waals surface area contributed by atoms with Crippen molar-refractivity contribution < 1.29 is 4.79 Å². The number of aromatic nitrogens is 3. The third-order valence-electron chi connectivity index (χ3n) is 2.60. The van der Waals surface area contributed by atoms with Gasteiger partial charge in [-0.3, -0.25) is 4.79 Å². The number of carbonyl (C=O) groups excluding carboxylic acids is 1. The highest BCUT2D eigenvalue weighted by Gasteiger charge is 2.18. The summed E-state index contributed by atoms with van der Waals surface area (Å²) in [6.45, 7) is 3.89. The molecule has 2 aromatic rings. The molecule has 0 saturated carbocycles. The third-order valence-corrected chi connectivity index (χ3v) is 3.38. The summed E-state index contributed by atoms with van der Waals surface area (Å²) in [5.41, 5.74) is 0.578. The van der Waals surface area contributed by atoms with Crippen LogP contribution in [0.3, 0.4) is 0 Å². The molecule has 0 aliphatic rings. The van der Waals surface area contributed by atoms with E-state index in [0.29, 0.717) is 10.7 Å². The third kappa shape index (κ3) is 3.06. The molecule has 0 atom stereocenters. The van der Waals surface area contributed by atoms with Crippen LogP contribution in [-0.2, 0) is 0 Å². The largest absolute Gasteiger partial charge is 0.339 e. The molecule has 0 aliphatic carbocycles. The fourth-order valence-electron chi connectivity index (χ4n) is 1.68. The molecule has 106 valence electrons. The van der Waals surface area contributed by atoms with E-state index in [1.54, 1.807) is 16.8 Å². The van der Waals surface area contributed by atoms with E-state index >= 15 is 0 Å². The minimum absolute atomic E-state index is 0.0760. The molecule has 5 nitrogen and oxygen atoms in total. The van der Waals surface area contributed by atoms with E-state index < -0.39 is 0 Å². The molecule has 1 N–H and O–H groups in total. The Labute approximate surface area is 130 Å². The number of halogens is 3. The van der Waals surface area contributed by atoms with Crippen molar-refractivity contribution in [2.75, 3.05) is 5.32 Å². The van der Waals surface area contributed by atoms with Crippen LogP contribution in [0.15, 0.2) is 18.6 Å². The minimum Gasteiger partial charge on any atom is -0.339 e. The number of nitrogens with one attached hydrogen (secondary N) is 1. The lowest BCUT2D eigenvalue weighted by Crippen LogP contribution is -2.18. The summed E-state index contributed by atoms with van der Waals surface area (Å²) in [7, 11) is 0. The van der Waals surface area contributed by atoms with Crippen LogP contribution in [0.25, 0.3) is 0 Å². The van der Waals surface area contributed by atoms with Crippen LogP contribution < -0.4 is 5.32 Å². The lowest BCUT2D eigenvalue weighted by Gasteiger charge is -2.13. The quantitative estimate of drug-likeness (QED) is 0.861. The zero-order chi connectivity index (χ0) is 14.9. The van der Waals surface area contributed by atoms with Crippen molar-refractivity contribution in [2.24, 2.45) is 0 Å². The monoisotopic (exact) mass is 332 g/mol. The van der Waals surface area contributed by atoms with E-state index in [1.165, 1.54) is 6.33 Å². The number of hydrogen-bond donors (Lipinski definition) is 1. The lowest BCUT2D eigenvalue weighted by atomic mass is 10.3. The van der Waals surface area contributed by atoms with Gasteiger partial charge in [-0.15, -0.1) is 0 Å². The molecule has 0 bridgehead atoms. The summed E-state index contributed by atoms with van der Waals surface area (Å²) >= 11 is 17.7. The van der Waals surface area contributed by atoms with E-state index in [1.807, 2.05) is 13.8 Å². The first-order valence-corrected chi connectivity index (χ1v) is 6.88. The second kappa shape index (κ2) is 5.99.